The zero-order valence-electron chi connectivity index (χ0n) is 20.0. The molecule has 2 aromatic carbocycles. The Morgan fingerprint density at radius 2 is 1.71 bits per heavy atom. The Balaban J connectivity index is 2.29. The predicted molar refractivity (Wildman–Crippen MR) is 125 cm³/mol. The molecular weight excluding hydrogens is 461 g/mol. The molecule has 184 valence electrons. The highest BCUT2D eigenvalue weighted by Crippen LogP contribution is 2.35. The van der Waals surface area contributed by atoms with Crippen molar-refractivity contribution in [1.82, 2.24) is 4.98 Å². The number of ether oxygens (including phenoxy) is 2. The average Bonchev–Trinajstić information content (AvgIpc) is 2.75. The molecule has 0 bridgehead atoms. The monoisotopic (exact) mass is 486 g/mol. The maximum atomic E-state index is 15.0. The zero-order valence-corrected chi connectivity index (χ0v) is 20.0. The van der Waals surface area contributed by atoms with E-state index in [0.717, 1.165) is 17.0 Å². The highest BCUT2D eigenvalue weighted by molar-refractivity contribution is 5.99. The standard InChI is InChI=1S/C26H25F3N2O4/c1-6-34-24(32)18-12-13-21(30-22(18)17-11-10-16(27)14-20(17)29)31(25(33)35-26(3,4)5)23-15(2)8-7-9-19(23)28/h7-14H,6H2,1-5H3. The lowest BCUT2D eigenvalue weighted by Gasteiger charge is -2.28. The summed E-state index contributed by atoms with van der Waals surface area (Å²) in [5.41, 5.74) is -1.17. The van der Waals surface area contributed by atoms with E-state index in [0.29, 0.717) is 11.6 Å². The first-order valence-electron chi connectivity index (χ1n) is 10.8. The zero-order chi connectivity index (χ0) is 25.9. The second-order valence-corrected chi connectivity index (χ2v) is 8.63. The molecule has 3 aromatic rings. The summed E-state index contributed by atoms with van der Waals surface area (Å²) < 4.78 is 53.8. The van der Waals surface area contributed by atoms with Gasteiger partial charge in [-0.2, -0.15) is 0 Å². The summed E-state index contributed by atoms with van der Waals surface area (Å²) >= 11 is 0. The van der Waals surface area contributed by atoms with E-state index in [1.54, 1.807) is 40.7 Å². The molecule has 0 aliphatic carbocycles. The lowest BCUT2D eigenvalue weighted by molar-refractivity contribution is 0.0526. The summed E-state index contributed by atoms with van der Waals surface area (Å²) in [6.07, 6.45) is -0.937. The number of pyridine rings is 1. The van der Waals surface area contributed by atoms with Crippen molar-refractivity contribution in [3.05, 3.63) is 77.1 Å². The minimum Gasteiger partial charge on any atom is -0.462 e. The van der Waals surface area contributed by atoms with Crippen LogP contribution >= 0.6 is 0 Å². The molecule has 6 nitrogen and oxygen atoms in total. The third-order valence-corrected chi connectivity index (χ3v) is 4.78. The number of carbonyl (C=O) groups is 2. The molecule has 0 saturated heterocycles. The van der Waals surface area contributed by atoms with Gasteiger partial charge < -0.3 is 9.47 Å². The molecular formula is C26H25F3N2O4. The average molecular weight is 486 g/mol. The molecule has 0 unspecified atom stereocenters. The van der Waals surface area contributed by atoms with Gasteiger partial charge in [0.25, 0.3) is 0 Å². The van der Waals surface area contributed by atoms with Gasteiger partial charge in [-0.25, -0.2) is 32.6 Å². The minimum absolute atomic E-state index is 0.0460. The van der Waals surface area contributed by atoms with E-state index in [2.05, 4.69) is 4.98 Å². The largest absolute Gasteiger partial charge is 0.462 e. The van der Waals surface area contributed by atoms with Crippen LogP contribution in [0, 0.1) is 24.4 Å². The molecule has 0 fully saturated rings. The third kappa shape index (κ3) is 5.79. The van der Waals surface area contributed by atoms with Crippen LogP contribution in [0.5, 0.6) is 0 Å². The second kappa shape index (κ2) is 10.2. The number of carbonyl (C=O) groups excluding carboxylic acids is 2. The predicted octanol–water partition coefficient (Wildman–Crippen LogP) is 6.72. The third-order valence-electron chi connectivity index (χ3n) is 4.78. The molecule has 1 amide bonds. The fourth-order valence-corrected chi connectivity index (χ4v) is 3.35. The summed E-state index contributed by atoms with van der Waals surface area (Å²) in [6, 6.07) is 9.61. The second-order valence-electron chi connectivity index (χ2n) is 8.63. The molecule has 0 aliphatic heterocycles. The lowest BCUT2D eigenvalue weighted by Crippen LogP contribution is -2.35. The Hall–Kier alpha value is -3.88. The summed E-state index contributed by atoms with van der Waals surface area (Å²) in [4.78, 5) is 31.1. The van der Waals surface area contributed by atoms with E-state index < -0.39 is 35.1 Å². The first-order chi connectivity index (χ1) is 16.4. The number of aryl methyl sites for hydroxylation is 1. The number of para-hydroxylation sites is 1. The summed E-state index contributed by atoms with van der Waals surface area (Å²) in [7, 11) is 0. The van der Waals surface area contributed by atoms with Crippen molar-refractivity contribution >= 4 is 23.6 Å². The Bertz CT molecular complexity index is 1250. The van der Waals surface area contributed by atoms with Gasteiger partial charge >= 0.3 is 12.1 Å². The normalized spacial score (nSPS) is 11.2. The Kier molecular flexibility index (Phi) is 7.48. The van der Waals surface area contributed by atoms with Gasteiger partial charge in [-0.15, -0.1) is 0 Å². The highest BCUT2D eigenvalue weighted by atomic mass is 19.1. The number of hydrogen-bond donors (Lipinski definition) is 0. The fourth-order valence-electron chi connectivity index (χ4n) is 3.35. The lowest BCUT2D eigenvalue weighted by atomic mass is 10.0. The van der Waals surface area contributed by atoms with Crippen LogP contribution in [0.1, 0.15) is 43.6 Å². The Morgan fingerprint density at radius 1 is 1.00 bits per heavy atom. The number of amides is 1. The van der Waals surface area contributed by atoms with Crippen LogP contribution in [0.3, 0.4) is 0 Å². The molecule has 0 spiro atoms. The van der Waals surface area contributed by atoms with Crippen molar-refractivity contribution in [3.8, 4) is 11.3 Å². The van der Waals surface area contributed by atoms with Crippen LogP contribution in [0.2, 0.25) is 0 Å². The number of esters is 1. The molecule has 1 aromatic heterocycles. The SMILES string of the molecule is CCOC(=O)c1ccc(N(C(=O)OC(C)(C)C)c2c(C)cccc2F)nc1-c1ccc(F)cc1F. The molecule has 35 heavy (non-hydrogen) atoms. The number of nitrogens with zero attached hydrogens (tertiary/aromatic N) is 2. The van der Waals surface area contributed by atoms with E-state index in [1.165, 1.54) is 24.3 Å². The molecule has 0 atom stereocenters. The molecule has 0 saturated carbocycles. The molecule has 1 heterocycles. The van der Waals surface area contributed by atoms with Crippen LogP contribution in [0.15, 0.2) is 48.5 Å². The van der Waals surface area contributed by atoms with E-state index in [1.807, 2.05) is 0 Å². The number of hydrogen-bond acceptors (Lipinski definition) is 5. The summed E-state index contributed by atoms with van der Waals surface area (Å²) in [6.45, 7) is 8.19. The van der Waals surface area contributed by atoms with E-state index in [9.17, 15) is 22.8 Å². The summed E-state index contributed by atoms with van der Waals surface area (Å²) in [5.74, 6) is -3.46. The van der Waals surface area contributed by atoms with Crippen LogP contribution in [0.4, 0.5) is 29.5 Å². The first-order valence-corrected chi connectivity index (χ1v) is 10.8. The van der Waals surface area contributed by atoms with Crippen molar-refractivity contribution in [2.45, 2.75) is 40.2 Å². The van der Waals surface area contributed by atoms with Gasteiger partial charge in [-0.3, -0.25) is 0 Å². The quantitative estimate of drug-likeness (QED) is 0.374. The van der Waals surface area contributed by atoms with Crippen LogP contribution in [-0.2, 0) is 9.47 Å². The molecule has 0 aliphatic rings. The van der Waals surface area contributed by atoms with Crippen molar-refractivity contribution in [2.24, 2.45) is 0 Å². The van der Waals surface area contributed by atoms with Gasteiger partial charge in [0.1, 0.15) is 28.9 Å². The van der Waals surface area contributed by atoms with Crippen LogP contribution in [-0.4, -0.2) is 29.3 Å². The minimum atomic E-state index is -0.980. The van der Waals surface area contributed by atoms with E-state index in [4.69, 9.17) is 9.47 Å². The highest BCUT2D eigenvalue weighted by Gasteiger charge is 2.30. The number of rotatable bonds is 5. The molecule has 0 radical (unpaired) electrons. The van der Waals surface area contributed by atoms with Crippen molar-refractivity contribution in [1.29, 1.82) is 0 Å². The van der Waals surface area contributed by atoms with E-state index in [-0.39, 0.29) is 34.9 Å². The van der Waals surface area contributed by atoms with Gasteiger partial charge in [0.05, 0.1) is 23.6 Å². The molecule has 3 rings (SSSR count). The van der Waals surface area contributed by atoms with Crippen LogP contribution < -0.4 is 4.90 Å². The maximum Gasteiger partial charge on any atom is 0.420 e. The number of halogens is 3. The van der Waals surface area contributed by atoms with Crippen molar-refractivity contribution < 1.29 is 32.2 Å². The maximum absolute atomic E-state index is 15.0. The topological polar surface area (TPSA) is 68.7 Å². The van der Waals surface area contributed by atoms with Crippen molar-refractivity contribution in [2.75, 3.05) is 11.5 Å². The Labute approximate surface area is 201 Å². The van der Waals surface area contributed by atoms with E-state index >= 15 is 0 Å². The van der Waals surface area contributed by atoms with Gasteiger partial charge in [-0.05, 0) is 70.5 Å². The number of anilines is 2. The molecule has 9 heteroatoms. The van der Waals surface area contributed by atoms with Gasteiger partial charge in [0, 0.05) is 11.6 Å². The number of aromatic nitrogens is 1. The van der Waals surface area contributed by atoms with Gasteiger partial charge in [-0.1, -0.05) is 12.1 Å². The van der Waals surface area contributed by atoms with Gasteiger partial charge in [0.2, 0.25) is 0 Å². The van der Waals surface area contributed by atoms with Crippen LogP contribution in [0.25, 0.3) is 11.3 Å². The van der Waals surface area contributed by atoms with Crippen molar-refractivity contribution in [3.63, 3.8) is 0 Å². The fraction of sp³-hybridized carbons (Fsp3) is 0.269. The Morgan fingerprint density at radius 3 is 2.31 bits per heavy atom. The summed E-state index contributed by atoms with van der Waals surface area (Å²) in [5, 5.41) is 0. The number of benzene rings is 2. The molecule has 0 N–H and O–H groups in total. The smallest absolute Gasteiger partial charge is 0.420 e. The van der Waals surface area contributed by atoms with Gasteiger partial charge in [0.15, 0.2) is 0 Å². The first kappa shape index (κ1) is 25.7.